The summed E-state index contributed by atoms with van der Waals surface area (Å²) in [5.74, 6) is 0. The lowest BCUT2D eigenvalue weighted by atomic mass is 10.3. The molecule has 0 radical (unpaired) electrons. The second kappa shape index (κ2) is 7.53. The van der Waals surface area contributed by atoms with Gasteiger partial charge in [0, 0.05) is 26.1 Å². The largest absolute Gasteiger partial charge is 0.396 e. The zero-order valence-corrected chi connectivity index (χ0v) is 8.16. The number of hydrogen-bond donors (Lipinski definition) is 2. The van der Waals surface area contributed by atoms with E-state index in [1.807, 2.05) is 4.90 Å². The molecule has 0 fully saturated rings. The monoisotopic (exact) mass is 175 g/mol. The van der Waals surface area contributed by atoms with Crippen molar-refractivity contribution in [2.24, 2.45) is 0 Å². The third kappa shape index (κ3) is 4.70. The molecular formula is C9H21NO2. The molecule has 0 bridgehead atoms. The molecule has 0 aliphatic heterocycles. The number of hydrogen-bond acceptors (Lipinski definition) is 3. The Bertz CT molecular complexity index is 92.5. The summed E-state index contributed by atoms with van der Waals surface area (Å²) in [6, 6.07) is 0. The first-order valence-electron chi connectivity index (χ1n) is 4.79. The van der Waals surface area contributed by atoms with Gasteiger partial charge in [-0.2, -0.15) is 0 Å². The van der Waals surface area contributed by atoms with E-state index in [0.717, 1.165) is 25.9 Å². The van der Waals surface area contributed by atoms with E-state index in [0.29, 0.717) is 6.42 Å². The normalized spacial score (nSPS) is 13.8. The molecule has 1 atom stereocenters. The van der Waals surface area contributed by atoms with Gasteiger partial charge < -0.3 is 10.2 Å². The average molecular weight is 175 g/mol. The minimum Gasteiger partial charge on any atom is -0.396 e. The molecule has 0 aliphatic carbocycles. The van der Waals surface area contributed by atoms with E-state index in [9.17, 15) is 5.11 Å². The van der Waals surface area contributed by atoms with Crippen LogP contribution in [0.15, 0.2) is 0 Å². The molecule has 0 aromatic heterocycles. The highest BCUT2D eigenvalue weighted by atomic mass is 16.3. The van der Waals surface area contributed by atoms with Crippen LogP contribution in [0, 0.1) is 0 Å². The third-order valence-corrected chi connectivity index (χ3v) is 1.83. The maximum atomic E-state index is 9.54. The molecule has 0 aromatic rings. The van der Waals surface area contributed by atoms with Gasteiger partial charge in [0.1, 0.15) is 6.23 Å². The maximum absolute atomic E-state index is 9.54. The van der Waals surface area contributed by atoms with Crippen molar-refractivity contribution < 1.29 is 10.2 Å². The van der Waals surface area contributed by atoms with Crippen LogP contribution in [0.3, 0.4) is 0 Å². The fourth-order valence-electron chi connectivity index (χ4n) is 1.28. The predicted octanol–water partition coefficient (Wildman–Crippen LogP) is 0.809. The molecule has 12 heavy (non-hydrogen) atoms. The average Bonchev–Trinajstić information content (AvgIpc) is 2.04. The molecule has 0 saturated carbocycles. The first kappa shape index (κ1) is 11.9. The molecule has 3 nitrogen and oxygen atoms in total. The Morgan fingerprint density at radius 2 is 1.67 bits per heavy atom. The summed E-state index contributed by atoms with van der Waals surface area (Å²) in [5.41, 5.74) is 0. The summed E-state index contributed by atoms with van der Waals surface area (Å²) < 4.78 is 0. The molecular weight excluding hydrogens is 154 g/mol. The van der Waals surface area contributed by atoms with Gasteiger partial charge in [-0.3, -0.25) is 4.90 Å². The quantitative estimate of drug-likeness (QED) is 0.563. The Labute approximate surface area is 75.0 Å². The number of aliphatic hydroxyl groups is 2. The fourth-order valence-corrected chi connectivity index (χ4v) is 1.28. The summed E-state index contributed by atoms with van der Waals surface area (Å²) >= 11 is 0. The van der Waals surface area contributed by atoms with E-state index in [2.05, 4.69) is 13.8 Å². The van der Waals surface area contributed by atoms with E-state index >= 15 is 0 Å². The Hall–Kier alpha value is -0.120. The molecule has 0 heterocycles. The number of nitrogens with zero attached hydrogens (tertiary/aromatic N) is 1. The lowest BCUT2D eigenvalue weighted by Crippen LogP contribution is -2.37. The van der Waals surface area contributed by atoms with Crippen LogP contribution in [-0.4, -0.2) is 41.0 Å². The Kier molecular flexibility index (Phi) is 7.45. The van der Waals surface area contributed by atoms with E-state index in [1.54, 1.807) is 0 Å². The summed E-state index contributed by atoms with van der Waals surface area (Å²) in [4.78, 5) is 2.01. The van der Waals surface area contributed by atoms with Crippen molar-refractivity contribution in [1.82, 2.24) is 4.90 Å². The van der Waals surface area contributed by atoms with Crippen LogP contribution >= 0.6 is 0 Å². The summed E-state index contributed by atoms with van der Waals surface area (Å²) in [5, 5.41) is 18.2. The number of aliphatic hydroxyl groups excluding tert-OH is 2. The zero-order valence-electron chi connectivity index (χ0n) is 8.16. The van der Waals surface area contributed by atoms with Crippen LogP contribution in [-0.2, 0) is 0 Å². The van der Waals surface area contributed by atoms with Crippen LogP contribution in [0.1, 0.15) is 33.1 Å². The lowest BCUT2D eigenvalue weighted by molar-refractivity contribution is -0.0126. The molecule has 74 valence electrons. The van der Waals surface area contributed by atoms with E-state index < -0.39 is 6.23 Å². The van der Waals surface area contributed by atoms with Crippen molar-refractivity contribution in [1.29, 1.82) is 0 Å². The van der Waals surface area contributed by atoms with Gasteiger partial charge in [0.15, 0.2) is 0 Å². The first-order chi connectivity index (χ1) is 5.76. The van der Waals surface area contributed by atoms with E-state index in [-0.39, 0.29) is 6.61 Å². The van der Waals surface area contributed by atoms with Crippen molar-refractivity contribution in [2.75, 3.05) is 19.7 Å². The molecule has 0 aromatic carbocycles. The van der Waals surface area contributed by atoms with Gasteiger partial charge in [0.2, 0.25) is 0 Å². The van der Waals surface area contributed by atoms with E-state index in [4.69, 9.17) is 5.11 Å². The van der Waals surface area contributed by atoms with Gasteiger partial charge in [0.05, 0.1) is 0 Å². The standard InChI is InChI=1S/C9H21NO2/c1-3-6-10(7-4-2)9(12)5-8-11/h9,11-12H,3-8H2,1-2H3. The summed E-state index contributed by atoms with van der Waals surface area (Å²) in [6.07, 6.45) is 2.08. The SMILES string of the molecule is CCCN(CCC)C(O)CCO. The van der Waals surface area contributed by atoms with Gasteiger partial charge in [-0.1, -0.05) is 13.8 Å². The molecule has 0 rings (SSSR count). The Balaban J connectivity index is 3.72. The van der Waals surface area contributed by atoms with Crippen LogP contribution in [0.2, 0.25) is 0 Å². The van der Waals surface area contributed by atoms with Crippen LogP contribution in [0.25, 0.3) is 0 Å². The first-order valence-corrected chi connectivity index (χ1v) is 4.79. The highest BCUT2D eigenvalue weighted by Gasteiger charge is 2.12. The van der Waals surface area contributed by atoms with Gasteiger partial charge >= 0.3 is 0 Å². The lowest BCUT2D eigenvalue weighted by Gasteiger charge is -2.26. The van der Waals surface area contributed by atoms with Crippen molar-refractivity contribution in [3.05, 3.63) is 0 Å². The molecule has 1 unspecified atom stereocenters. The molecule has 0 amide bonds. The minimum atomic E-state index is -0.463. The second-order valence-corrected chi connectivity index (χ2v) is 3.03. The third-order valence-electron chi connectivity index (χ3n) is 1.83. The maximum Gasteiger partial charge on any atom is 0.109 e. The predicted molar refractivity (Wildman–Crippen MR) is 49.9 cm³/mol. The van der Waals surface area contributed by atoms with Crippen LogP contribution in [0.4, 0.5) is 0 Å². The van der Waals surface area contributed by atoms with Gasteiger partial charge in [0.25, 0.3) is 0 Å². The summed E-state index contributed by atoms with van der Waals surface area (Å²) in [6.45, 7) is 6.07. The number of rotatable bonds is 7. The zero-order chi connectivity index (χ0) is 9.40. The molecule has 0 saturated heterocycles. The Morgan fingerprint density at radius 3 is 2.00 bits per heavy atom. The van der Waals surface area contributed by atoms with Gasteiger partial charge in [-0.15, -0.1) is 0 Å². The minimum absolute atomic E-state index is 0.0606. The fraction of sp³-hybridized carbons (Fsp3) is 1.00. The van der Waals surface area contributed by atoms with Crippen molar-refractivity contribution in [2.45, 2.75) is 39.3 Å². The Morgan fingerprint density at radius 1 is 1.17 bits per heavy atom. The molecule has 3 heteroatoms. The van der Waals surface area contributed by atoms with Crippen molar-refractivity contribution >= 4 is 0 Å². The van der Waals surface area contributed by atoms with Gasteiger partial charge in [-0.25, -0.2) is 0 Å². The van der Waals surface area contributed by atoms with Gasteiger partial charge in [-0.05, 0) is 12.8 Å². The topological polar surface area (TPSA) is 43.7 Å². The highest BCUT2D eigenvalue weighted by Crippen LogP contribution is 2.02. The molecule has 0 spiro atoms. The van der Waals surface area contributed by atoms with Crippen molar-refractivity contribution in [3.8, 4) is 0 Å². The van der Waals surface area contributed by atoms with Crippen LogP contribution < -0.4 is 0 Å². The summed E-state index contributed by atoms with van der Waals surface area (Å²) in [7, 11) is 0. The molecule has 0 aliphatic rings. The molecule has 2 N–H and O–H groups in total. The van der Waals surface area contributed by atoms with E-state index in [1.165, 1.54) is 0 Å². The second-order valence-electron chi connectivity index (χ2n) is 3.03. The highest BCUT2D eigenvalue weighted by molar-refractivity contribution is 4.60. The van der Waals surface area contributed by atoms with Crippen LogP contribution in [0.5, 0.6) is 0 Å². The smallest absolute Gasteiger partial charge is 0.109 e. The van der Waals surface area contributed by atoms with Crippen molar-refractivity contribution in [3.63, 3.8) is 0 Å².